The summed E-state index contributed by atoms with van der Waals surface area (Å²) in [7, 11) is 1.32. The fourth-order valence-electron chi connectivity index (χ4n) is 3.91. The van der Waals surface area contributed by atoms with Gasteiger partial charge in [0.25, 0.3) is 0 Å². The van der Waals surface area contributed by atoms with Crippen molar-refractivity contribution in [3.63, 3.8) is 0 Å². The molecule has 0 amide bonds. The highest BCUT2D eigenvalue weighted by atomic mass is 16.6. The lowest BCUT2D eigenvalue weighted by Crippen LogP contribution is -2.13. The molecule has 0 aliphatic heterocycles. The molecule has 1 heterocycles. The Morgan fingerprint density at radius 3 is 2.73 bits per heavy atom. The summed E-state index contributed by atoms with van der Waals surface area (Å²) in [6, 6.07) is 9.86. The summed E-state index contributed by atoms with van der Waals surface area (Å²) in [6.45, 7) is 0. The number of pyridine rings is 1. The summed E-state index contributed by atoms with van der Waals surface area (Å²) in [5.74, 6) is -1.55. The van der Waals surface area contributed by atoms with E-state index in [1.807, 2.05) is 0 Å². The minimum atomic E-state index is -1.01. The van der Waals surface area contributed by atoms with Crippen molar-refractivity contribution in [1.82, 2.24) is 4.98 Å². The van der Waals surface area contributed by atoms with Crippen LogP contribution in [0.4, 0.5) is 5.69 Å². The molecule has 3 aromatic rings. The minimum absolute atomic E-state index is 0.00946. The normalized spacial score (nSPS) is 14.5. The van der Waals surface area contributed by atoms with Crippen LogP contribution in [0.3, 0.4) is 0 Å². The van der Waals surface area contributed by atoms with E-state index in [1.54, 1.807) is 30.3 Å². The Morgan fingerprint density at radius 2 is 2.03 bits per heavy atom. The van der Waals surface area contributed by atoms with Gasteiger partial charge in [0.05, 0.1) is 28.8 Å². The van der Waals surface area contributed by atoms with Crippen molar-refractivity contribution in [2.45, 2.75) is 19.3 Å². The summed E-state index contributed by atoms with van der Waals surface area (Å²) in [4.78, 5) is 27.3. The monoisotopic (exact) mass is 406 g/mol. The minimum Gasteiger partial charge on any atom is -0.500 e. The van der Waals surface area contributed by atoms with Crippen molar-refractivity contribution >= 4 is 34.2 Å². The molecule has 0 saturated heterocycles. The van der Waals surface area contributed by atoms with E-state index in [-0.39, 0.29) is 11.3 Å². The first-order valence-corrected chi connectivity index (χ1v) is 9.32. The second kappa shape index (κ2) is 7.47. The van der Waals surface area contributed by atoms with Crippen molar-refractivity contribution < 1.29 is 24.7 Å². The number of aromatic nitrogens is 1. The Morgan fingerprint density at radius 1 is 1.27 bits per heavy atom. The number of nitrogens with zero attached hydrogens (tertiary/aromatic N) is 2. The largest absolute Gasteiger partial charge is 0.500 e. The Balaban J connectivity index is 1.94. The van der Waals surface area contributed by atoms with Crippen molar-refractivity contribution in [3.8, 4) is 11.5 Å². The highest BCUT2D eigenvalue weighted by molar-refractivity contribution is 6.05. The summed E-state index contributed by atoms with van der Waals surface area (Å²) < 4.78 is 5.07. The fraction of sp³-hybridized carbons (Fsp3) is 0.182. The zero-order valence-electron chi connectivity index (χ0n) is 16.1. The third-order valence-electron chi connectivity index (χ3n) is 5.22. The van der Waals surface area contributed by atoms with E-state index >= 15 is 0 Å². The average molecular weight is 406 g/mol. The van der Waals surface area contributed by atoms with Crippen LogP contribution in [0.5, 0.6) is 11.5 Å². The number of para-hydroxylation sites is 1. The SMILES string of the molecule is COc1cc(C=C2CCCc3c2nc2ccccc2c3C(=O)O)cc([N+](=O)[O-])c1O. The summed E-state index contributed by atoms with van der Waals surface area (Å²) in [5.41, 5.74) is 2.87. The number of aromatic carboxylic acids is 1. The molecular weight excluding hydrogens is 388 g/mol. The number of carbonyl (C=O) groups is 1. The lowest BCUT2D eigenvalue weighted by atomic mass is 9.86. The lowest BCUT2D eigenvalue weighted by Gasteiger charge is -2.21. The van der Waals surface area contributed by atoms with E-state index < -0.39 is 22.3 Å². The quantitative estimate of drug-likeness (QED) is 0.485. The van der Waals surface area contributed by atoms with Crippen LogP contribution in [0.2, 0.25) is 0 Å². The zero-order chi connectivity index (χ0) is 21.4. The number of rotatable bonds is 4. The fourth-order valence-corrected chi connectivity index (χ4v) is 3.91. The number of hydrogen-bond donors (Lipinski definition) is 2. The first kappa shape index (κ1) is 19.4. The van der Waals surface area contributed by atoms with E-state index in [2.05, 4.69) is 0 Å². The molecule has 0 bridgehead atoms. The molecule has 1 aliphatic rings. The van der Waals surface area contributed by atoms with Crippen LogP contribution in [-0.2, 0) is 6.42 Å². The standard InChI is InChI=1S/C22H18N2O6/c1-30-18-11-12(10-17(21(18)25)24(28)29)9-13-5-4-7-15-19(22(26)27)14-6-2-3-8-16(14)23-20(13)15/h2-3,6,8-11,25H,4-5,7H2,1H3,(H,26,27). The molecule has 8 nitrogen and oxygen atoms in total. The maximum Gasteiger partial charge on any atom is 0.336 e. The molecule has 0 unspecified atom stereocenters. The second-order valence-electron chi connectivity index (χ2n) is 7.01. The summed E-state index contributed by atoms with van der Waals surface area (Å²) in [6.07, 6.45) is 3.70. The predicted molar refractivity (Wildman–Crippen MR) is 111 cm³/mol. The number of ether oxygens (including phenoxy) is 1. The molecule has 1 aromatic heterocycles. The van der Waals surface area contributed by atoms with E-state index in [4.69, 9.17) is 9.72 Å². The third-order valence-corrected chi connectivity index (χ3v) is 5.22. The molecule has 0 atom stereocenters. The molecule has 0 spiro atoms. The molecule has 8 heteroatoms. The van der Waals surface area contributed by atoms with Gasteiger partial charge in [0, 0.05) is 11.5 Å². The molecule has 152 valence electrons. The van der Waals surface area contributed by atoms with Crippen LogP contribution < -0.4 is 4.74 Å². The maximum absolute atomic E-state index is 12.0. The molecular formula is C22H18N2O6. The van der Waals surface area contributed by atoms with Gasteiger partial charge in [-0.25, -0.2) is 9.78 Å². The van der Waals surface area contributed by atoms with Gasteiger partial charge in [-0.15, -0.1) is 0 Å². The Bertz CT molecular complexity index is 1230. The molecule has 1 aliphatic carbocycles. The van der Waals surface area contributed by atoms with Gasteiger partial charge in [0.15, 0.2) is 5.75 Å². The molecule has 4 rings (SSSR count). The summed E-state index contributed by atoms with van der Waals surface area (Å²) >= 11 is 0. The van der Waals surface area contributed by atoms with Crippen LogP contribution in [0.1, 0.15) is 40.0 Å². The Kier molecular flexibility index (Phi) is 4.83. The number of benzene rings is 2. The van der Waals surface area contributed by atoms with Gasteiger partial charge >= 0.3 is 11.7 Å². The van der Waals surface area contributed by atoms with Gasteiger partial charge in [-0.3, -0.25) is 10.1 Å². The summed E-state index contributed by atoms with van der Waals surface area (Å²) in [5, 5.41) is 31.7. The topological polar surface area (TPSA) is 123 Å². The van der Waals surface area contributed by atoms with Gasteiger partial charge < -0.3 is 14.9 Å². The smallest absolute Gasteiger partial charge is 0.336 e. The number of nitro groups is 1. The Hall–Kier alpha value is -3.94. The molecule has 30 heavy (non-hydrogen) atoms. The maximum atomic E-state index is 12.0. The number of carboxylic acid groups (broad SMARTS) is 1. The van der Waals surface area contributed by atoms with Gasteiger partial charge in [-0.05, 0) is 54.2 Å². The van der Waals surface area contributed by atoms with Crippen LogP contribution in [0.25, 0.3) is 22.6 Å². The number of allylic oxidation sites excluding steroid dienone is 1. The van der Waals surface area contributed by atoms with Gasteiger partial charge in [-0.1, -0.05) is 18.2 Å². The van der Waals surface area contributed by atoms with E-state index in [1.165, 1.54) is 19.2 Å². The number of methoxy groups -OCH3 is 1. The van der Waals surface area contributed by atoms with Crippen LogP contribution in [-0.4, -0.2) is 33.2 Å². The number of carboxylic acids is 1. The van der Waals surface area contributed by atoms with Crippen molar-refractivity contribution in [2.24, 2.45) is 0 Å². The molecule has 0 saturated carbocycles. The van der Waals surface area contributed by atoms with Gasteiger partial charge in [0.1, 0.15) is 0 Å². The third kappa shape index (κ3) is 3.22. The van der Waals surface area contributed by atoms with E-state index in [9.17, 15) is 25.1 Å². The van der Waals surface area contributed by atoms with Crippen molar-refractivity contribution in [2.75, 3.05) is 7.11 Å². The first-order chi connectivity index (χ1) is 14.4. The average Bonchev–Trinajstić information content (AvgIpc) is 2.73. The molecule has 0 radical (unpaired) electrons. The van der Waals surface area contributed by atoms with Gasteiger partial charge in [0.2, 0.25) is 5.75 Å². The van der Waals surface area contributed by atoms with Crippen LogP contribution in [0.15, 0.2) is 36.4 Å². The molecule has 2 N–H and O–H groups in total. The lowest BCUT2D eigenvalue weighted by molar-refractivity contribution is -0.386. The number of phenolic OH excluding ortho intramolecular Hbond substituents is 1. The highest BCUT2D eigenvalue weighted by Gasteiger charge is 2.25. The number of phenols is 1. The van der Waals surface area contributed by atoms with Gasteiger partial charge in [-0.2, -0.15) is 0 Å². The van der Waals surface area contributed by atoms with Crippen LogP contribution >= 0.6 is 0 Å². The predicted octanol–water partition coefficient (Wildman–Crippen LogP) is 4.43. The van der Waals surface area contributed by atoms with Crippen LogP contribution in [0, 0.1) is 10.1 Å². The second-order valence-corrected chi connectivity index (χ2v) is 7.01. The molecule has 0 fully saturated rings. The number of hydrogen-bond acceptors (Lipinski definition) is 6. The number of aromatic hydroxyl groups is 1. The Labute approximate surface area is 171 Å². The number of fused-ring (bicyclic) bond motifs is 2. The zero-order valence-corrected chi connectivity index (χ0v) is 16.1. The number of nitro benzene ring substituents is 1. The highest BCUT2D eigenvalue weighted by Crippen LogP contribution is 2.40. The van der Waals surface area contributed by atoms with E-state index in [0.717, 1.165) is 12.0 Å². The van der Waals surface area contributed by atoms with Crippen molar-refractivity contribution in [1.29, 1.82) is 0 Å². The van der Waals surface area contributed by atoms with E-state index in [0.29, 0.717) is 40.6 Å². The first-order valence-electron chi connectivity index (χ1n) is 9.32. The van der Waals surface area contributed by atoms with Crippen molar-refractivity contribution in [3.05, 3.63) is 68.9 Å². The molecule has 2 aromatic carbocycles.